The molecule has 13 heteroatoms. The van der Waals surface area contributed by atoms with Gasteiger partial charge in [0.15, 0.2) is 9.84 Å². The number of sulfone groups is 1. The Labute approximate surface area is 169 Å². The van der Waals surface area contributed by atoms with Gasteiger partial charge in [0.25, 0.3) is 0 Å². The molecule has 0 radical (unpaired) electrons. The van der Waals surface area contributed by atoms with Crippen LogP contribution in [0, 0.1) is 0 Å². The molecule has 0 spiro atoms. The smallest absolute Gasteiger partial charge is 0.407 e. The fourth-order valence-electron chi connectivity index (χ4n) is 2.86. The molecule has 0 aromatic heterocycles. The molecule has 0 saturated carbocycles. The number of sulfonamides is 1. The largest absolute Gasteiger partial charge is 0.495 e. The van der Waals surface area contributed by atoms with Crippen molar-refractivity contribution in [2.45, 2.75) is 30.8 Å². The third-order valence-corrected chi connectivity index (χ3v) is 7.26. The van der Waals surface area contributed by atoms with Crippen LogP contribution < -0.4 is 20.1 Å². The minimum Gasteiger partial charge on any atom is -0.495 e. The maximum atomic E-state index is 12.9. The number of carbonyl (C=O) groups excluding carboxylic acids is 2. The first-order valence-corrected chi connectivity index (χ1v) is 11.9. The van der Waals surface area contributed by atoms with Crippen LogP contribution in [0.5, 0.6) is 5.75 Å². The van der Waals surface area contributed by atoms with Crippen LogP contribution >= 0.6 is 0 Å². The number of carbonyl (C=O) groups is 2. The van der Waals surface area contributed by atoms with Crippen molar-refractivity contribution in [3.05, 3.63) is 18.2 Å². The Bertz CT molecular complexity index is 991. The van der Waals surface area contributed by atoms with E-state index >= 15 is 0 Å². The number of nitrogens with one attached hydrogen (secondary N) is 3. The first-order chi connectivity index (χ1) is 13.5. The SMILES string of the molecule is CCOC(=O)N[C@H]1CS(=O)(=O)C[C@H]1NS(=O)(=O)c1cc(NC(C)=O)ccc1OC. The minimum atomic E-state index is -4.26. The predicted molar refractivity (Wildman–Crippen MR) is 104 cm³/mol. The summed E-state index contributed by atoms with van der Waals surface area (Å²) in [5.41, 5.74) is 0.221. The molecule has 1 aliphatic rings. The monoisotopic (exact) mass is 449 g/mol. The van der Waals surface area contributed by atoms with Gasteiger partial charge < -0.3 is 20.1 Å². The standard InChI is InChI=1S/C16H23N3O8S2/c1-4-27-16(21)18-12-8-28(22,23)9-13(12)19-29(24,25)15-7-11(17-10(2)20)5-6-14(15)26-3/h5-7,12-13,19H,4,8-9H2,1-3H3,(H,17,20)(H,18,21)/t12-,13+/m0/s1. The summed E-state index contributed by atoms with van der Waals surface area (Å²) in [7, 11) is -6.57. The van der Waals surface area contributed by atoms with E-state index in [-0.39, 0.29) is 22.9 Å². The zero-order chi connectivity index (χ0) is 21.8. The number of benzene rings is 1. The van der Waals surface area contributed by atoms with Crippen molar-refractivity contribution in [2.24, 2.45) is 0 Å². The summed E-state index contributed by atoms with van der Waals surface area (Å²) in [5.74, 6) is -1.31. The summed E-state index contributed by atoms with van der Waals surface area (Å²) in [6, 6.07) is 1.91. The van der Waals surface area contributed by atoms with Crippen LogP contribution in [-0.4, -0.2) is 66.1 Å². The van der Waals surface area contributed by atoms with E-state index in [0.29, 0.717) is 0 Å². The summed E-state index contributed by atoms with van der Waals surface area (Å²) in [6.07, 6.45) is -0.843. The molecule has 1 aromatic rings. The van der Waals surface area contributed by atoms with Gasteiger partial charge in [-0.25, -0.2) is 26.4 Å². The molecule has 0 unspecified atom stereocenters. The predicted octanol–water partition coefficient (Wildman–Crippen LogP) is -0.156. The van der Waals surface area contributed by atoms with E-state index in [4.69, 9.17) is 9.47 Å². The van der Waals surface area contributed by atoms with E-state index in [1.54, 1.807) is 6.92 Å². The molecular weight excluding hydrogens is 426 g/mol. The fraction of sp³-hybridized carbons (Fsp3) is 0.500. The number of ether oxygens (including phenoxy) is 2. The quantitative estimate of drug-likeness (QED) is 0.518. The van der Waals surface area contributed by atoms with Gasteiger partial charge in [0.2, 0.25) is 15.9 Å². The van der Waals surface area contributed by atoms with Gasteiger partial charge in [-0.1, -0.05) is 0 Å². The normalized spacial score (nSPS) is 20.7. The van der Waals surface area contributed by atoms with Crippen LogP contribution in [0.4, 0.5) is 10.5 Å². The van der Waals surface area contributed by atoms with Crippen LogP contribution in [0.15, 0.2) is 23.1 Å². The highest BCUT2D eigenvalue weighted by Crippen LogP contribution is 2.28. The van der Waals surface area contributed by atoms with Crippen LogP contribution in [0.1, 0.15) is 13.8 Å². The van der Waals surface area contributed by atoms with Gasteiger partial charge in [0, 0.05) is 12.6 Å². The van der Waals surface area contributed by atoms with E-state index in [9.17, 15) is 26.4 Å². The summed E-state index contributed by atoms with van der Waals surface area (Å²) in [4.78, 5) is 22.6. The first-order valence-electron chi connectivity index (χ1n) is 8.59. The molecule has 1 aromatic carbocycles. The molecule has 2 amide bonds. The Balaban J connectivity index is 2.33. The van der Waals surface area contributed by atoms with Gasteiger partial charge in [-0.05, 0) is 25.1 Å². The number of amides is 2. The van der Waals surface area contributed by atoms with Crippen molar-refractivity contribution in [2.75, 3.05) is 30.5 Å². The van der Waals surface area contributed by atoms with Crippen molar-refractivity contribution in [1.82, 2.24) is 10.0 Å². The summed E-state index contributed by atoms with van der Waals surface area (Å²) in [6.45, 7) is 2.93. The number of alkyl carbamates (subject to hydrolysis) is 1. The van der Waals surface area contributed by atoms with E-state index in [0.717, 1.165) is 0 Å². The highest BCUT2D eigenvalue weighted by Gasteiger charge is 2.41. The maximum absolute atomic E-state index is 12.9. The Morgan fingerprint density at radius 1 is 1.21 bits per heavy atom. The number of rotatable bonds is 7. The van der Waals surface area contributed by atoms with Crippen molar-refractivity contribution < 1.29 is 35.9 Å². The molecule has 162 valence electrons. The van der Waals surface area contributed by atoms with E-state index in [1.165, 1.54) is 32.2 Å². The molecule has 2 rings (SSSR count). The lowest BCUT2D eigenvalue weighted by atomic mass is 10.2. The number of hydrogen-bond acceptors (Lipinski definition) is 8. The maximum Gasteiger partial charge on any atom is 0.407 e. The van der Waals surface area contributed by atoms with Crippen LogP contribution in [0.2, 0.25) is 0 Å². The average Bonchev–Trinajstić information content (AvgIpc) is 2.87. The number of anilines is 1. The zero-order valence-electron chi connectivity index (χ0n) is 16.1. The second-order valence-electron chi connectivity index (χ2n) is 6.32. The lowest BCUT2D eigenvalue weighted by Gasteiger charge is -2.21. The van der Waals surface area contributed by atoms with Crippen LogP contribution in [-0.2, 0) is 29.4 Å². The van der Waals surface area contributed by atoms with E-state index in [2.05, 4.69) is 15.4 Å². The van der Waals surface area contributed by atoms with Crippen LogP contribution in [0.3, 0.4) is 0 Å². The highest BCUT2D eigenvalue weighted by atomic mass is 32.2. The molecule has 0 aliphatic carbocycles. The molecule has 1 fully saturated rings. The van der Waals surface area contributed by atoms with E-state index in [1.807, 2.05) is 0 Å². The third kappa shape index (κ3) is 6.05. The van der Waals surface area contributed by atoms with Crippen molar-refractivity contribution in [1.29, 1.82) is 0 Å². The molecule has 11 nitrogen and oxygen atoms in total. The third-order valence-electron chi connectivity index (χ3n) is 4.01. The second kappa shape index (κ2) is 8.97. The summed E-state index contributed by atoms with van der Waals surface area (Å²) in [5, 5.41) is 4.84. The van der Waals surface area contributed by atoms with Gasteiger partial charge in [-0.15, -0.1) is 0 Å². The van der Waals surface area contributed by atoms with Crippen molar-refractivity contribution in [3.63, 3.8) is 0 Å². The Morgan fingerprint density at radius 2 is 1.86 bits per heavy atom. The lowest BCUT2D eigenvalue weighted by molar-refractivity contribution is -0.114. The molecule has 1 heterocycles. The van der Waals surface area contributed by atoms with Crippen molar-refractivity contribution >= 4 is 37.5 Å². The lowest BCUT2D eigenvalue weighted by Crippen LogP contribution is -2.51. The molecule has 29 heavy (non-hydrogen) atoms. The second-order valence-corrected chi connectivity index (χ2v) is 10.2. The Hall–Kier alpha value is -2.38. The Morgan fingerprint density at radius 3 is 2.45 bits per heavy atom. The molecule has 1 aliphatic heterocycles. The molecule has 0 bridgehead atoms. The highest BCUT2D eigenvalue weighted by molar-refractivity contribution is 7.92. The molecule has 2 atom stereocenters. The minimum absolute atomic E-state index is 0.00218. The summed E-state index contributed by atoms with van der Waals surface area (Å²) >= 11 is 0. The van der Waals surface area contributed by atoms with Gasteiger partial charge in [0.05, 0.1) is 37.3 Å². The molecule has 3 N–H and O–H groups in total. The van der Waals surface area contributed by atoms with Gasteiger partial charge in [-0.3, -0.25) is 4.79 Å². The molecular formula is C16H23N3O8S2. The average molecular weight is 450 g/mol. The molecule has 1 saturated heterocycles. The topological polar surface area (TPSA) is 157 Å². The summed E-state index contributed by atoms with van der Waals surface area (Å²) < 4.78 is 62.0. The number of hydrogen-bond donors (Lipinski definition) is 3. The van der Waals surface area contributed by atoms with E-state index < -0.39 is 55.5 Å². The number of methoxy groups -OCH3 is 1. The Kier molecular flexibility index (Phi) is 7.08. The fourth-order valence-corrected chi connectivity index (χ4v) is 6.30. The van der Waals surface area contributed by atoms with Gasteiger partial charge in [0.1, 0.15) is 10.6 Å². The zero-order valence-corrected chi connectivity index (χ0v) is 17.7. The first kappa shape index (κ1) is 22.9. The van der Waals surface area contributed by atoms with Crippen LogP contribution in [0.25, 0.3) is 0 Å². The van der Waals surface area contributed by atoms with Gasteiger partial charge >= 0.3 is 6.09 Å². The van der Waals surface area contributed by atoms with Gasteiger partial charge in [-0.2, -0.15) is 0 Å². The van der Waals surface area contributed by atoms with Crippen molar-refractivity contribution in [3.8, 4) is 5.75 Å².